The zero-order valence-corrected chi connectivity index (χ0v) is 9.90. The van der Waals surface area contributed by atoms with Crippen LogP contribution in [-0.4, -0.2) is 26.5 Å². The van der Waals surface area contributed by atoms with Crippen LogP contribution in [0.5, 0.6) is 0 Å². The van der Waals surface area contributed by atoms with Gasteiger partial charge in [-0.05, 0) is 18.0 Å². The number of nitrogens with one attached hydrogen (secondary N) is 1. The van der Waals surface area contributed by atoms with Crippen LogP contribution in [0.4, 0.5) is 0 Å². The molecular formula is C8H12N4OS2. The lowest BCUT2D eigenvalue weighted by Gasteiger charge is -2.15. The average Bonchev–Trinajstić information content (AvgIpc) is 2.69. The molecule has 0 spiro atoms. The largest absolute Gasteiger partial charge is 0.392 e. The number of amides is 1. The molecule has 1 rings (SSSR count). The fourth-order valence-electron chi connectivity index (χ4n) is 1.07. The SMILES string of the molecule is CCCC(NC(=O)c1csnn1)C(N)=S. The highest BCUT2D eigenvalue weighted by Crippen LogP contribution is 2.01. The molecule has 1 heterocycles. The van der Waals surface area contributed by atoms with Crippen molar-refractivity contribution in [2.24, 2.45) is 5.73 Å². The number of thiocarbonyl (C=S) groups is 1. The molecule has 0 saturated heterocycles. The van der Waals surface area contributed by atoms with Crippen LogP contribution in [0.1, 0.15) is 30.3 Å². The Morgan fingerprint density at radius 3 is 3.00 bits per heavy atom. The van der Waals surface area contributed by atoms with Gasteiger partial charge in [-0.1, -0.05) is 30.1 Å². The highest BCUT2D eigenvalue weighted by molar-refractivity contribution is 7.80. The van der Waals surface area contributed by atoms with E-state index in [4.69, 9.17) is 18.0 Å². The number of nitrogens with zero attached hydrogens (tertiary/aromatic N) is 2. The smallest absolute Gasteiger partial charge is 0.273 e. The van der Waals surface area contributed by atoms with Gasteiger partial charge in [0.25, 0.3) is 5.91 Å². The maximum atomic E-state index is 11.6. The van der Waals surface area contributed by atoms with E-state index in [1.807, 2.05) is 6.92 Å². The van der Waals surface area contributed by atoms with Gasteiger partial charge >= 0.3 is 0 Å². The standard InChI is InChI=1S/C8H12N4OS2/c1-2-3-5(7(9)14)10-8(13)6-4-15-12-11-6/h4-5H,2-3H2,1H3,(H2,9,14)(H,10,13). The third kappa shape index (κ3) is 3.52. The first-order valence-electron chi connectivity index (χ1n) is 4.52. The molecule has 1 unspecified atom stereocenters. The van der Waals surface area contributed by atoms with E-state index in [1.165, 1.54) is 0 Å². The molecular weight excluding hydrogens is 232 g/mol. The van der Waals surface area contributed by atoms with E-state index in [9.17, 15) is 4.79 Å². The van der Waals surface area contributed by atoms with Crippen LogP contribution in [0, 0.1) is 0 Å². The Hall–Kier alpha value is -1.08. The van der Waals surface area contributed by atoms with Crippen molar-refractivity contribution >= 4 is 34.6 Å². The second kappa shape index (κ2) is 5.72. The monoisotopic (exact) mass is 244 g/mol. The molecule has 0 saturated carbocycles. The Balaban J connectivity index is 2.59. The zero-order chi connectivity index (χ0) is 11.3. The Morgan fingerprint density at radius 2 is 2.53 bits per heavy atom. The normalized spacial score (nSPS) is 12.1. The summed E-state index contributed by atoms with van der Waals surface area (Å²) in [5, 5.41) is 7.96. The van der Waals surface area contributed by atoms with E-state index in [0.29, 0.717) is 10.7 Å². The minimum atomic E-state index is -0.282. The number of carbonyl (C=O) groups excluding carboxylic acids is 1. The second-order valence-corrected chi connectivity index (χ2v) is 4.09. The molecule has 82 valence electrons. The van der Waals surface area contributed by atoms with Gasteiger partial charge in [0.1, 0.15) is 0 Å². The van der Waals surface area contributed by atoms with E-state index in [-0.39, 0.29) is 11.9 Å². The van der Waals surface area contributed by atoms with Crippen LogP contribution < -0.4 is 11.1 Å². The Kier molecular flexibility index (Phi) is 4.57. The van der Waals surface area contributed by atoms with Crippen LogP contribution in [0.3, 0.4) is 0 Å². The minimum absolute atomic E-state index is 0.265. The second-order valence-electron chi connectivity index (χ2n) is 3.01. The number of hydrogen-bond acceptors (Lipinski definition) is 5. The van der Waals surface area contributed by atoms with Crippen molar-refractivity contribution in [1.29, 1.82) is 0 Å². The van der Waals surface area contributed by atoms with Crippen molar-refractivity contribution in [3.05, 3.63) is 11.1 Å². The van der Waals surface area contributed by atoms with Crippen molar-refractivity contribution in [3.8, 4) is 0 Å². The van der Waals surface area contributed by atoms with Crippen LogP contribution in [-0.2, 0) is 0 Å². The lowest BCUT2D eigenvalue weighted by molar-refractivity contribution is 0.0940. The first kappa shape index (κ1) is 12.0. The molecule has 1 atom stereocenters. The molecule has 0 radical (unpaired) electrons. The van der Waals surface area contributed by atoms with Gasteiger partial charge in [-0.3, -0.25) is 4.79 Å². The first-order valence-corrected chi connectivity index (χ1v) is 5.76. The molecule has 0 aliphatic rings. The van der Waals surface area contributed by atoms with Gasteiger partial charge < -0.3 is 11.1 Å². The van der Waals surface area contributed by atoms with Crippen molar-refractivity contribution in [1.82, 2.24) is 14.9 Å². The quantitative estimate of drug-likeness (QED) is 0.746. The van der Waals surface area contributed by atoms with Gasteiger partial charge in [0, 0.05) is 5.38 Å². The van der Waals surface area contributed by atoms with Gasteiger partial charge in [0.2, 0.25) is 0 Å². The molecule has 0 aliphatic carbocycles. The summed E-state index contributed by atoms with van der Waals surface area (Å²) >= 11 is 5.99. The summed E-state index contributed by atoms with van der Waals surface area (Å²) in [4.78, 5) is 11.9. The summed E-state index contributed by atoms with van der Waals surface area (Å²) in [6, 6.07) is -0.265. The predicted molar refractivity (Wildman–Crippen MR) is 62.9 cm³/mol. The molecule has 0 bridgehead atoms. The van der Waals surface area contributed by atoms with Crippen LogP contribution >= 0.6 is 23.8 Å². The number of nitrogens with two attached hydrogens (primary N) is 1. The predicted octanol–water partition coefficient (Wildman–Crippen LogP) is 0.723. The van der Waals surface area contributed by atoms with Crippen molar-refractivity contribution in [3.63, 3.8) is 0 Å². The molecule has 1 aromatic rings. The highest BCUT2D eigenvalue weighted by atomic mass is 32.1. The third-order valence-corrected chi connectivity index (χ3v) is 2.61. The highest BCUT2D eigenvalue weighted by Gasteiger charge is 2.16. The lowest BCUT2D eigenvalue weighted by Crippen LogP contribution is -2.43. The maximum Gasteiger partial charge on any atom is 0.273 e. The van der Waals surface area contributed by atoms with Crippen molar-refractivity contribution in [2.45, 2.75) is 25.8 Å². The fraction of sp³-hybridized carbons (Fsp3) is 0.500. The Labute approximate surface area is 97.2 Å². The summed E-state index contributed by atoms with van der Waals surface area (Å²) in [6.07, 6.45) is 1.64. The summed E-state index contributed by atoms with van der Waals surface area (Å²) < 4.78 is 3.61. The average molecular weight is 244 g/mol. The zero-order valence-electron chi connectivity index (χ0n) is 8.27. The van der Waals surface area contributed by atoms with Crippen LogP contribution in [0.2, 0.25) is 0 Å². The van der Waals surface area contributed by atoms with Gasteiger partial charge in [-0.25, -0.2) is 0 Å². The molecule has 1 amide bonds. The third-order valence-electron chi connectivity index (χ3n) is 1.82. The van der Waals surface area contributed by atoms with Gasteiger partial charge in [-0.2, -0.15) is 0 Å². The summed E-state index contributed by atoms with van der Waals surface area (Å²) in [6.45, 7) is 2.00. The summed E-state index contributed by atoms with van der Waals surface area (Å²) in [5.74, 6) is -0.282. The molecule has 7 heteroatoms. The lowest BCUT2D eigenvalue weighted by atomic mass is 10.1. The van der Waals surface area contributed by atoms with Crippen molar-refractivity contribution < 1.29 is 4.79 Å². The Morgan fingerprint density at radius 1 is 1.80 bits per heavy atom. The molecule has 3 N–H and O–H groups in total. The molecule has 1 aromatic heterocycles. The molecule has 5 nitrogen and oxygen atoms in total. The van der Waals surface area contributed by atoms with Crippen LogP contribution in [0.25, 0.3) is 0 Å². The topological polar surface area (TPSA) is 80.9 Å². The molecule has 0 fully saturated rings. The molecule has 15 heavy (non-hydrogen) atoms. The number of hydrogen-bond donors (Lipinski definition) is 2. The van der Waals surface area contributed by atoms with Gasteiger partial charge in [-0.15, -0.1) is 5.10 Å². The van der Waals surface area contributed by atoms with E-state index in [0.717, 1.165) is 24.4 Å². The maximum absolute atomic E-state index is 11.6. The number of aromatic nitrogens is 2. The van der Waals surface area contributed by atoms with E-state index in [1.54, 1.807) is 5.38 Å². The van der Waals surface area contributed by atoms with E-state index in [2.05, 4.69) is 14.9 Å². The Bertz CT molecular complexity index is 338. The first-order chi connectivity index (χ1) is 7.15. The summed E-state index contributed by atoms with van der Waals surface area (Å²) in [7, 11) is 0. The van der Waals surface area contributed by atoms with E-state index < -0.39 is 0 Å². The fourth-order valence-corrected chi connectivity index (χ4v) is 1.68. The summed E-state index contributed by atoms with van der Waals surface area (Å²) in [5.41, 5.74) is 5.81. The van der Waals surface area contributed by atoms with Crippen LogP contribution in [0.15, 0.2) is 5.38 Å². The molecule has 0 aromatic carbocycles. The van der Waals surface area contributed by atoms with Gasteiger partial charge in [0.15, 0.2) is 5.69 Å². The minimum Gasteiger partial charge on any atom is -0.392 e. The number of carbonyl (C=O) groups is 1. The number of rotatable bonds is 5. The van der Waals surface area contributed by atoms with E-state index >= 15 is 0 Å². The van der Waals surface area contributed by atoms with Crippen molar-refractivity contribution in [2.75, 3.05) is 0 Å². The molecule has 0 aliphatic heterocycles. The van der Waals surface area contributed by atoms with Gasteiger partial charge in [0.05, 0.1) is 11.0 Å².